The van der Waals surface area contributed by atoms with E-state index in [4.69, 9.17) is 9.47 Å². The lowest BCUT2D eigenvalue weighted by Gasteiger charge is -2.13. The molecule has 0 radical (unpaired) electrons. The van der Waals surface area contributed by atoms with Crippen LogP contribution < -0.4 is 9.47 Å². The molecule has 0 bridgehead atoms. The summed E-state index contributed by atoms with van der Waals surface area (Å²) in [6, 6.07) is 19.4. The van der Waals surface area contributed by atoms with E-state index in [2.05, 4.69) is 59.6 Å². The van der Waals surface area contributed by atoms with Crippen LogP contribution in [-0.2, 0) is 12.8 Å². The highest BCUT2D eigenvalue weighted by molar-refractivity contribution is 6.04. The molecule has 0 saturated carbocycles. The Hall–Kier alpha value is -3.20. The minimum absolute atomic E-state index is 0.772. The number of nitrogens with one attached hydrogen (secondary N) is 1. The minimum atomic E-state index is 0.772. The number of H-pyrrole nitrogens is 1. The molecule has 1 N–H and O–H groups in total. The Labute approximate surface area is 157 Å². The molecular weight excluding hydrogens is 334 g/mol. The van der Waals surface area contributed by atoms with Crippen LogP contribution in [0, 0.1) is 0 Å². The lowest BCUT2D eigenvalue weighted by atomic mass is 9.91. The molecule has 0 fully saturated rings. The highest BCUT2D eigenvalue weighted by Gasteiger charge is 2.21. The van der Waals surface area contributed by atoms with Crippen LogP contribution in [0.25, 0.3) is 33.2 Å². The van der Waals surface area contributed by atoms with E-state index in [1.54, 1.807) is 0 Å². The first-order chi connectivity index (χ1) is 13.4. The second-order valence-electron chi connectivity index (χ2n) is 7.19. The summed E-state index contributed by atoms with van der Waals surface area (Å²) in [5.74, 6) is 2.05. The number of aromatic amines is 1. The zero-order chi connectivity index (χ0) is 17.8. The molecule has 132 valence electrons. The van der Waals surface area contributed by atoms with Gasteiger partial charge in [0.1, 0.15) is 11.5 Å². The van der Waals surface area contributed by atoms with Gasteiger partial charge in [-0.15, -0.1) is 0 Å². The van der Waals surface area contributed by atoms with Gasteiger partial charge in [0.05, 0.1) is 18.7 Å². The molecule has 2 aliphatic rings. The van der Waals surface area contributed by atoms with Gasteiger partial charge in [-0.05, 0) is 34.9 Å². The monoisotopic (exact) mass is 353 g/mol. The molecule has 1 aromatic heterocycles. The molecule has 0 spiro atoms. The van der Waals surface area contributed by atoms with E-state index in [0.717, 1.165) is 37.6 Å². The first-order valence-electron chi connectivity index (χ1n) is 9.50. The molecule has 0 atom stereocenters. The Morgan fingerprint density at radius 3 is 1.96 bits per heavy atom. The summed E-state index contributed by atoms with van der Waals surface area (Å²) >= 11 is 0. The van der Waals surface area contributed by atoms with Crippen molar-refractivity contribution in [1.29, 1.82) is 0 Å². The molecule has 0 amide bonds. The van der Waals surface area contributed by atoms with Crippen molar-refractivity contribution in [2.75, 3.05) is 13.2 Å². The molecule has 3 nitrogen and oxygen atoms in total. The largest absolute Gasteiger partial charge is 0.493 e. The molecule has 27 heavy (non-hydrogen) atoms. The predicted molar refractivity (Wildman–Crippen MR) is 108 cm³/mol. The Kier molecular flexibility index (Phi) is 3.12. The summed E-state index contributed by atoms with van der Waals surface area (Å²) in [5.41, 5.74) is 8.88. The smallest absolute Gasteiger partial charge is 0.123 e. The summed E-state index contributed by atoms with van der Waals surface area (Å²) in [6.45, 7) is 1.55. The number of fused-ring (bicyclic) bond motifs is 3. The maximum atomic E-state index is 5.78. The van der Waals surface area contributed by atoms with E-state index in [1.165, 1.54) is 44.3 Å². The zero-order valence-electron chi connectivity index (χ0n) is 14.9. The van der Waals surface area contributed by atoms with Gasteiger partial charge in [0, 0.05) is 41.1 Å². The van der Waals surface area contributed by atoms with Gasteiger partial charge in [0.25, 0.3) is 0 Å². The van der Waals surface area contributed by atoms with E-state index < -0.39 is 0 Å². The van der Waals surface area contributed by atoms with E-state index in [-0.39, 0.29) is 0 Å². The second kappa shape index (κ2) is 5.65. The van der Waals surface area contributed by atoms with E-state index in [1.807, 2.05) is 6.20 Å². The summed E-state index contributed by atoms with van der Waals surface area (Å²) in [5, 5.41) is 1.25. The fourth-order valence-corrected chi connectivity index (χ4v) is 4.56. The zero-order valence-corrected chi connectivity index (χ0v) is 14.9. The minimum Gasteiger partial charge on any atom is -0.493 e. The van der Waals surface area contributed by atoms with Crippen molar-refractivity contribution in [1.82, 2.24) is 4.98 Å². The second-order valence-corrected chi connectivity index (χ2v) is 7.19. The van der Waals surface area contributed by atoms with E-state index in [0.29, 0.717) is 0 Å². The normalized spacial score (nSPS) is 14.7. The van der Waals surface area contributed by atoms with Crippen molar-refractivity contribution < 1.29 is 9.47 Å². The van der Waals surface area contributed by atoms with Gasteiger partial charge < -0.3 is 14.5 Å². The van der Waals surface area contributed by atoms with Crippen molar-refractivity contribution in [2.24, 2.45) is 0 Å². The van der Waals surface area contributed by atoms with Crippen LogP contribution in [0.15, 0.2) is 60.8 Å². The molecule has 2 aliphatic heterocycles. The fraction of sp³-hybridized carbons (Fsp3) is 0.167. The highest BCUT2D eigenvalue weighted by atomic mass is 16.5. The van der Waals surface area contributed by atoms with Crippen molar-refractivity contribution >= 4 is 10.9 Å². The van der Waals surface area contributed by atoms with Crippen molar-refractivity contribution in [3.05, 3.63) is 71.9 Å². The fourth-order valence-electron chi connectivity index (χ4n) is 4.56. The number of hydrogen-bond acceptors (Lipinski definition) is 2. The third kappa shape index (κ3) is 2.15. The Morgan fingerprint density at radius 1 is 0.630 bits per heavy atom. The topological polar surface area (TPSA) is 34.2 Å². The average molecular weight is 353 g/mol. The first-order valence-corrected chi connectivity index (χ1v) is 9.50. The molecule has 4 aromatic rings. The standard InChI is InChI=1S/C24H19NO2/c1-3-15(18-10-13-26-22(18)5-1)17-7-8-20(24-21(17)9-12-25-24)16-4-2-6-23-19(16)11-14-27-23/h1-9,12,25H,10-11,13-14H2. The summed E-state index contributed by atoms with van der Waals surface area (Å²) < 4.78 is 11.5. The molecule has 3 heterocycles. The van der Waals surface area contributed by atoms with Gasteiger partial charge in [0.2, 0.25) is 0 Å². The van der Waals surface area contributed by atoms with Gasteiger partial charge in [-0.25, -0.2) is 0 Å². The Bertz CT molecular complexity index is 1100. The van der Waals surface area contributed by atoms with Crippen LogP contribution in [-0.4, -0.2) is 18.2 Å². The third-order valence-electron chi connectivity index (χ3n) is 5.79. The van der Waals surface area contributed by atoms with Crippen LogP contribution >= 0.6 is 0 Å². The third-order valence-corrected chi connectivity index (χ3v) is 5.79. The van der Waals surface area contributed by atoms with Gasteiger partial charge in [-0.1, -0.05) is 36.4 Å². The van der Waals surface area contributed by atoms with Crippen molar-refractivity contribution in [3.8, 4) is 33.8 Å². The average Bonchev–Trinajstić information content (AvgIpc) is 3.46. The Balaban J connectivity index is 1.59. The van der Waals surface area contributed by atoms with Gasteiger partial charge in [-0.3, -0.25) is 0 Å². The van der Waals surface area contributed by atoms with E-state index in [9.17, 15) is 0 Å². The molecule has 0 unspecified atom stereocenters. The van der Waals surface area contributed by atoms with Crippen molar-refractivity contribution in [2.45, 2.75) is 12.8 Å². The maximum absolute atomic E-state index is 5.78. The lowest BCUT2D eigenvalue weighted by molar-refractivity contribution is 0.356. The molecule has 3 aromatic carbocycles. The maximum Gasteiger partial charge on any atom is 0.123 e. The molecule has 0 aliphatic carbocycles. The van der Waals surface area contributed by atoms with Gasteiger partial charge in [0.15, 0.2) is 0 Å². The van der Waals surface area contributed by atoms with Crippen molar-refractivity contribution in [3.63, 3.8) is 0 Å². The molecule has 6 rings (SSSR count). The predicted octanol–water partition coefficient (Wildman–Crippen LogP) is 5.37. The SMILES string of the molecule is c1cc2c(c(-c3ccc(-c4cccc5c4CCO5)c4[nH]ccc34)c1)CCO2. The molecule has 3 heteroatoms. The lowest BCUT2D eigenvalue weighted by Crippen LogP contribution is -1.91. The number of aromatic nitrogens is 1. The number of rotatable bonds is 2. The van der Waals surface area contributed by atoms with Crippen LogP contribution in [0.5, 0.6) is 11.5 Å². The molecule has 0 saturated heterocycles. The van der Waals surface area contributed by atoms with Crippen LogP contribution in [0.3, 0.4) is 0 Å². The van der Waals surface area contributed by atoms with Gasteiger partial charge >= 0.3 is 0 Å². The number of hydrogen-bond donors (Lipinski definition) is 1. The van der Waals surface area contributed by atoms with Crippen LogP contribution in [0.2, 0.25) is 0 Å². The summed E-state index contributed by atoms with van der Waals surface area (Å²) in [7, 11) is 0. The number of ether oxygens (including phenoxy) is 2. The summed E-state index contributed by atoms with van der Waals surface area (Å²) in [6.07, 6.45) is 3.98. The van der Waals surface area contributed by atoms with Gasteiger partial charge in [-0.2, -0.15) is 0 Å². The Morgan fingerprint density at radius 2 is 1.26 bits per heavy atom. The summed E-state index contributed by atoms with van der Waals surface area (Å²) in [4.78, 5) is 3.48. The molecular formula is C24H19NO2. The van der Waals surface area contributed by atoms with Crippen LogP contribution in [0.4, 0.5) is 0 Å². The number of benzene rings is 3. The first kappa shape index (κ1) is 14.9. The highest BCUT2D eigenvalue weighted by Crippen LogP contribution is 2.42. The van der Waals surface area contributed by atoms with E-state index >= 15 is 0 Å². The quantitative estimate of drug-likeness (QED) is 0.525. The van der Waals surface area contributed by atoms with Crippen LogP contribution in [0.1, 0.15) is 11.1 Å².